The van der Waals surface area contributed by atoms with Crippen LogP contribution in [0.2, 0.25) is 5.02 Å². The summed E-state index contributed by atoms with van der Waals surface area (Å²) in [6, 6.07) is 7.19. The highest BCUT2D eigenvalue weighted by molar-refractivity contribution is 7.99. The SMILES string of the molecule is CCOC(=O)c1c(C)[nH]c(C(=O)CSc2nnc(COc3ccccc3Cl)n2C)c1C. The maximum Gasteiger partial charge on any atom is 0.340 e. The van der Waals surface area contributed by atoms with E-state index in [0.29, 0.717) is 44.3 Å². The van der Waals surface area contributed by atoms with Gasteiger partial charge in [0.15, 0.2) is 16.8 Å². The van der Waals surface area contributed by atoms with E-state index in [-0.39, 0.29) is 24.7 Å². The quantitative estimate of drug-likeness (QED) is 0.290. The van der Waals surface area contributed by atoms with E-state index in [1.54, 1.807) is 44.5 Å². The average molecular weight is 463 g/mol. The Balaban J connectivity index is 1.64. The first-order chi connectivity index (χ1) is 14.8. The molecule has 0 bridgehead atoms. The zero-order valence-corrected chi connectivity index (χ0v) is 19.3. The number of aromatic nitrogens is 4. The molecule has 0 unspecified atom stereocenters. The Morgan fingerprint density at radius 2 is 1.97 bits per heavy atom. The van der Waals surface area contributed by atoms with Gasteiger partial charge in [-0.1, -0.05) is 35.5 Å². The summed E-state index contributed by atoms with van der Waals surface area (Å²) in [5.74, 6) is 0.730. The normalized spacial score (nSPS) is 10.9. The van der Waals surface area contributed by atoms with Crippen LogP contribution in [0.1, 0.15) is 44.9 Å². The second-order valence-corrected chi connectivity index (χ2v) is 8.08. The van der Waals surface area contributed by atoms with E-state index in [0.717, 1.165) is 0 Å². The summed E-state index contributed by atoms with van der Waals surface area (Å²) in [5, 5.41) is 9.37. The number of carbonyl (C=O) groups excluding carboxylic acids is 2. The van der Waals surface area contributed by atoms with Gasteiger partial charge >= 0.3 is 5.97 Å². The highest BCUT2D eigenvalue weighted by Gasteiger charge is 2.23. The lowest BCUT2D eigenvalue weighted by molar-refractivity contribution is 0.0525. The zero-order valence-electron chi connectivity index (χ0n) is 17.7. The van der Waals surface area contributed by atoms with Gasteiger partial charge in [0.2, 0.25) is 0 Å². The molecule has 2 heterocycles. The van der Waals surface area contributed by atoms with Gasteiger partial charge in [0.25, 0.3) is 0 Å². The molecule has 0 saturated carbocycles. The van der Waals surface area contributed by atoms with Gasteiger partial charge in [-0.25, -0.2) is 4.79 Å². The van der Waals surface area contributed by atoms with Crippen molar-refractivity contribution in [3.05, 3.63) is 57.6 Å². The number of hydrogen-bond acceptors (Lipinski definition) is 7. The van der Waals surface area contributed by atoms with E-state index in [4.69, 9.17) is 21.1 Å². The van der Waals surface area contributed by atoms with Crippen molar-refractivity contribution < 1.29 is 19.1 Å². The lowest BCUT2D eigenvalue weighted by Crippen LogP contribution is -2.09. The number of nitrogens with zero attached hydrogens (tertiary/aromatic N) is 3. The van der Waals surface area contributed by atoms with Crippen LogP contribution < -0.4 is 4.74 Å². The summed E-state index contributed by atoms with van der Waals surface area (Å²) in [6.07, 6.45) is 0. The Labute approximate surface area is 189 Å². The van der Waals surface area contributed by atoms with Crippen molar-refractivity contribution in [2.45, 2.75) is 32.5 Å². The molecule has 8 nitrogen and oxygen atoms in total. The van der Waals surface area contributed by atoms with Crippen LogP contribution in [-0.2, 0) is 18.4 Å². The minimum atomic E-state index is -0.433. The molecule has 1 aromatic carbocycles. The first kappa shape index (κ1) is 22.9. The second kappa shape index (κ2) is 10.0. The Hall–Kier alpha value is -2.78. The van der Waals surface area contributed by atoms with Gasteiger partial charge < -0.3 is 19.0 Å². The number of benzene rings is 1. The van der Waals surface area contributed by atoms with Crippen LogP contribution >= 0.6 is 23.4 Å². The number of aromatic amines is 1. The summed E-state index contributed by atoms with van der Waals surface area (Å²) in [4.78, 5) is 27.9. The molecule has 10 heteroatoms. The van der Waals surface area contributed by atoms with Crippen LogP contribution in [0.25, 0.3) is 0 Å². The molecule has 31 heavy (non-hydrogen) atoms. The van der Waals surface area contributed by atoms with Crippen molar-refractivity contribution in [2.24, 2.45) is 7.05 Å². The molecular weight excluding hydrogens is 440 g/mol. The summed E-state index contributed by atoms with van der Waals surface area (Å²) in [7, 11) is 1.81. The lowest BCUT2D eigenvalue weighted by atomic mass is 10.1. The Kier molecular flexibility index (Phi) is 7.40. The molecule has 3 aromatic rings. The fraction of sp³-hybridized carbons (Fsp3) is 0.333. The molecule has 0 aliphatic carbocycles. The molecule has 0 saturated heterocycles. The number of H-pyrrole nitrogens is 1. The summed E-state index contributed by atoms with van der Waals surface area (Å²) >= 11 is 7.36. The van der Waals surface area contributed by atoms with Crippen LogP contribution in [0.5, 0.6) is 5.75 Å². The van der Waals surface area contributed by atoms with Crippen molar-refractivity contribution >= 4 is 35.1 Å². The standard InChI is InChI=1S/C21H23ClN4O4S/c1-5-29-20(28)18-12(2)19(23-13(18)3)15(27)11-31-21-25-24-17(26(21)4)10-30-16-9-7-6-8-14(16)22/h6-9,23H,5,10-11H2,1-4H3. The molecule has 0 atom stereocenters. The molecule has 0 aliphatic rings. The van der Waals surface area contributed by atoms with Crippen LogP contribution in [-0.4, -0.2) is 43.9 Å². The van der Waals surface area contributed by atoms with Crippen molar-refractivity contribution in [2.75, 3.05) is 12.4 Å². The molecule has 2 aromatic heterocycles. The number of carbonyl (C=O) groups is 2. The Morgan fingerprint density at radius 1 is 1.23 bits per heavy atom. The number of para-hydroxylation sites is 1. The van der Waals surface area contributed by atoms with E-state index in [1.807, 2.05) is 12.1 Å². The third-order valence-corrected chi connectivity index (χ3v) is 5.98. The number of ether oxygens (including phenoxy) is 2. The van der Waals surface area contributed by atoms with Crippen molar-refractivity contribution in [3.8, 4) is 5.75 Å². The fourth-order valence-corrected chi connectivity index (χ4v) is 4.03. The molecule has 0 aliphatic heterocycles. The third-order valence-electron chi connectivity index (χ3n) is 4.65. The predicted molar refractivity (Wildman–Crippen MR) is 118 cm³/mol. The minimum absolute atomic E-state index is 0.139. The fourth-order valence-electron chi connectivity index (χ4n) is 3.04. The Bertz CT molecular complexity index is 1110. The van der Waals surface area contributed by atoms with Crippen LogP contribution in [0.3, 0.4) is 0 Å². The van der Waals surface area contributed by atoms with Gasteiger partial charge in [0.05, 0.1) is 28.6 Å². The number of ketones is 1. The number of hydrogen-bond donors (Lipinski definition) is 1. The highest BCUT2D eigenvalue weighted by Crippen LogP contribution is 2.25. The first-order valence-corrected chi connectivity index (χ1v) is 11.0. The summed E-state index contributed by atoms with van der Waals surface area (Å²) < 4.78 is 12.6. The van der Waals surface area contributed by atoms with Gasteiger partial charge in [0.1, 0.15) is 12.4 Å². The van der Waals surface area contributed by atoms with Gasteiger partial charge in [0, 0.05) is 12.7 Å². The van der Waals surface area contributed by atoms with Crippen LogP contribution in [0.4, 0.5) is 0 Å². The van der Waals surface area contributed by atoms with E-state index >= 15 is 0 Å². The molecule has 0 radical (unpaired) electrons. The van der Waals surface area contributed by atoms with E-state index in [9.17, 15) is 9.59 Å². The summed E-state index contributed by atoms with van der Waals surface area (Å²) in [5.41, 5.74) is 2.01. The average Bonchev–Trinajstić information content (AvgIpc) is 3.24. The summed E-state index contributed by atoms with van der Waals surface area (Å²) in [6.45, 7) is 5.69. The van der Waals surface area contributed by atoms with Crippen LogP contribution in [0, 0.1) is 13.8 Å². The monoisotopic (exact) mass is 462 g/mol. The number of Topliss-reactive ketones (excluding diaryl/α,β-unsaturated/α-hetero) is 1. The number of halogens is 1. The minimum Gasteiger partial charge on any atom is -0.484 e. The number of esters is 1. The number of nitrogens with one attached hydrogen (secondary N) is 1. The second-order valence-electron chi connectivity index (χ2n) is 6.73. The first-order valence-electron chi connectivity index (χ1n) is 9.61. The Morgan fingerprint density at radius 3 is 2.68 bits per heavy atom. The largest absolute Gasteiger partial charge is 0.484 e. The molecule has 0 amide bonds. The topological polar surface area (TPSA) is 99.1 Å². The predicted octanol–water partition coefficient (Wildman–Crippen LogP) is 4.14. The molecule has 1 N–H and O–H groups in total. The zero-order chi connectivity index (χ0) is 22.5. The lowest BCUT2D eigenvalue weighted by Gasteiger charge is -2.07. The molecular formula is C21H23ClN4O4S. The number of thioether (sulfide) groups is 1. The van der Waals surface area contributed by atoms with E-state index in [1.165, 1.54) is 11.8 Å². The molecule has 0 fully saturated rings. The van der Waals surface area contributed by atoms with Crippen molar-refractivity contribution in [1.29, 1.82) is 0 Å². The highest BCUT2D eigenvalue weighted by atomic mass is 35.5. The maximum absolute atomic E-state index is 12.8. The van der Waals surface area contributed by atoms with Crippen LogP contribution in [0.15, 0.2) is 29.4 Å². The maximum atomic E-state index is 12.8. The van der Waals surface area contributed by atoms with Gasteiger partial charge in [-0.15, -0.1) is 10.2 Å². The van der Waals surface area contributed by atoms with E-state index < -0.39 is 5.97 Å². The molecule has 164 valence electrons. The van der Waals surface area contributed by atoms with Gasteiger partial charge in [-0.05, 0) is 38.5 Å². The van der Waals surface area contributed by atoms with Gasteiger partial charge in [-0.3, -0.25) is 4.79 Å². The number of aryl methyl sites for hydroxylation is 1. The van der Waals surface area contributed by atoms with E-state index in [2.05, 4.69) is 15.2 Å². The molecule has 3 rings (SSSR count). The number of rotatable bonds is 9. The van der Waals surface area contributed by atoms with Crippen molar-refractivity contribution in [1.82, 2.24) is 19.7 Å². The molecule has 0 spiro atoms. The van der Waals surface area contributed by atoms with Crippen molar-refractivity contribution in [3.63, 3.8) is 0 Å². The third kappa shape index (κ3) is 5.11. The smallest absolute Gasteiger partial charge is 0.340 e. The van der Waals surface area contributed by atoms with Gasteiger partial charge in [-0.2, -0.15) is 0 Å².